The van der Waals surface area contributed by atoms with Crippen LogP contribution in [0.25, 0.3) is 0 Å². The van der Waals surface area contributed by atoms with Crippen molar-refractivity contribution in [1.82, 2.24) is 10.4 Å². The van der Waals surface area contributed by atoms with Crippen LogP contribution in [0.2, 0.25) is 0 Å². The smallest absolute Gasteiger partial charge is 0.289 e. The molecular formula is C17H17N5O. The van der Waals surface area contributed by atoms with Gasteiger partial charge < -0.3 is 4.90 Å². The molecule has 6 nitrogen and oxygen atoms in total. The van der Waals surface area contributed by atoms with Gasteiger partial charge in [0.1, 0.15) is 5.69 Å². The van der Waals surface area contributed by atoms with Gasteiger partial charge in [0.15, 0.2) is 0 Å². The fourth-order valence-electron chi connectivity index (χ4n) is 1.88. The third-order valence-electron chi connectivity index (χ3n) is 3.17. The van der Waals surface area contributed by atoms with Gasteiger partial charge >= 0.3 is 0 Å². The molecule has 1 aromatic heterocycles. The zero-order chi connectivity index (χ0) is 16.5. The van der Waals surface area contributed by atoms with Gasteiger partial charge in [0.25, 0.3) is 5.91 Å². The molecule has 0 spiro atoms. The molecule has 2 aromatic rings. The normalized spacial score (nSPS) is 10.3. The minimum atomic E-state index is -0.352. The Morgan fingerprint density at radius 2 is 2.13 bits per heavy atom. The summed E-state index contributed by atoms with van der Waals surface area (Å²) >= 11 is 0. The van der Waals surface area contributed by atoms with Crippen LogP contribution in [-0.4, -0.2) is 30.7 Å². The van der Waals surface area contributed by atoms with E-state index in [1.54, 1.807) is 30.6 Å². The number of benzene rings is 1. The standard InChI is InChI=1S/C17H17N5O/c1-22(12-4-10-18)15-8-6-14(7-9-15)13-20-21-17(23)16-5-2-3-11-19-16/h2-3,5-9,11,13H,4,12H2,1H3,(H,21,23)/b20-13-. The Morgan fingerprint density at radius 3 is 2.78 bits per heavy atom. The van der Waals surface area contributed by atoms with Crippen molar-refractivity contribution in [2.24, 2.45) is 5.10 Å². The molecule has 2 rings (SSSR count). The van der Waals surface area contributed by atoms with E-state index in [1.807, 2.05) is 36.2 Å². The van der Waals surface area contributed by atoms with E-state index in [1.165, 1.54) is 0 Å². The zero-order valence-corrected chi connectivity index (χ0v) is 12.8. The molecule has 0 saturated carbocycles. The maximum atomic E-state index is 11.8. The van der Waals surface area contributed by atoms with Gasteiger partial charge in [0.2, 0.25) is 0 Å². The molecule has 0 radical (unpaired) electrons. The molecular weight excluding hydrogens is 290 g/mol. The number of hydrogen-bond donors (Lipinski definition) is 1. The van der Waals surface area contributed by atoms with E-state index in [-0.39, 0.29) is 5.91 Å². The Bertz CT molecular complexity index is 704. The van der Waals surface area contributed by atoms with Crippen LogP contribution in [0.15, 0.2) is 53.8 Å². The Kier molecular flexibility index (Phi) is 5.83. The van der Waals surface area contributed by atoms with Crippen molar-refractivity contribution in [3.63, 3.8) is 0 Å². The number of carbonyl (C=O) groups excluding carboxylic acids is 1. The summed E-state index contributed by atoms with van der Waals surface area (Å²) in [6.45, 7) is 0.685. The lowest BCUT2D eigenvalue weighted by atomic mass is 10.2. The van der Waals surface area contributed by atoms with Crippen LogP contribution in [0.4, 0.5) is 5.69 Å². The van der Waals surface area contributed by atoms with E-state index >= 15 is 0 Å². The van der Waals surface area contributed by atoms with Crippen LogP contribution in [0, 0.1) is 11.3 Å². The van der Waals surface area contributed by atoms with E-state index in [4.69, 9.17) is 5.26 Å². The number of amides is 1. The van der Waals surface area contributed by atoms with Crippen LogP contribution in [0.5, 0.6) is 0 Å². The number of nitrogens with zero attached hydrogens (tertiary/aromatic N) is 4. The molecule has 6 heteroatoms. The Hall–Kier alpha value is -3.20. The predicted octanol–water partition coefficient (Wildman–Crippen LogP) is 2.20. The third kappa shape index (κ3) is 4.93. The van der Waals surface area contributed by atoms with E-state index in [2.05, 4.69) is 21.6 Å². The summed E-state index contributed by atoms with van der Waals surface area (Å²) in [5.41, 5.74) is 4.64. The molecule has 1 aromatic carbocycles. The minimum Gasteiger partial charge on any atom is -0.374 e. The van der Waals surface area contributed by atoms with Crippen molar-refractivity contribution in [3.05, 3.63) is 59.9 Å². The van der Waals surface area contributed by atoms with Crippen LogP contribution in [0.3, 0.4) is 0 Å². The lowest BCUT2D eigenvalue weighted by Gasteiger charge is -2.17. The van der Waals surface area contributed by atoms with Crippen molar-refractivity contribution in [3.8, 4) is 6.07 Å². The van der Waals surface area contributed by atoms with E-state index in [9.17, 15) is 4.79 Å². The first kappa shape index (κ1) is 16.2. The molecule has 1 amide bonds. The summed E-state index contributed by atoms with van der Waals surface area (Å²) in [5.74, 6) is -0.352. The Labute approximate surface area is 135 Å². The SMILES string of the molecule is CN(CCC#N)c1ccc(/C=N\NC(=O)c2ccccn2)cc1. The number of nitriles is 1. The molecule has 0 aliphatic carbocycles. The first-order valence-corrected chi connectivity index (χ1v) is 7.13. The quantitative estimate of drug-likeness (QED) is 0.655. The van der Waals surface area contributed by atoms with Crippen LogP contribution >= 0.6 is 0 Å². The lowest BCUT2D eigenvalue weighted by molar-refractivity contribution is 0.0950. The fourth-order valence-corrected chi connectivity index (χ4v) is 1.88. The average Bonchev–Trinajstić information content (AvgIpc) is 2.61. The first-order valence-electron chi connectivity index (χ1n) is 7.13. The highest BCUT2D eigenvalue weighted by Gasteiger charge is 2.03. The highest BCUT2D eigenvalue weighted by atomic mass is 16.2. The molecule has 1 N–H and O–H groups in total. The fraction of sp³-hybridized carbons (Fsp3) is 0.176. The molecule has 0 unspecified atom stereocenters. The Balaban J connectivity index is 1.91. The van der Waals surface area contributed by atoms with Gasteiger partial charge in [0, 0.05) is 25.5 Å². The van der Waals surface area contributed by atoms with Gasteiger partial charge in [0.05, 0.1) is 18.7 Å². The molecule has 0 aliphatic rings. The molecule has 116 valence electrons. The molecule has 0 aliphatic heterocycles. The summed E-state index contributed by atoms with van der Waals surface area (Å²) < 4.78 is 0. The van der Waals surface area contributed by atoms with Crippen LogP contribution < -0.4 is 10.3 Å². The molecule has 0 saturated heterocycles. The van der Waals surface area contributed by atoms with Gasteiger partial charge in [-0.15, -0.1) is 0 Å². The largest absolute Gasteiger partial charge is 0.374 e. The number of rotatable bonds is 6. The van der Waals surface area contributed by atoms with Gasteiger partial charge in [-0.25, -0.2) is 5.43 Å². The number of hydrogen-bond acceptors (Lipinski definition) is 5. The highest BCUT2D eigenvalue weighted by molar-refractivity contribution is 5.93. The minimum absolute atomic E-state index is 0.319. The third-order valence-corrected chi connectivity index (χ3v) is 3.17. The van der Waals surface area contributed by atoms with Crippen LogP contribution in [-0.2, 0) is 0 Å². The summed E-state index contributed by atoms with van der Waals surface area (Å²) in [6.07, 6.45) is 3.61. The summed E-state index contributed by atoms with van der Waals surface area (Å²) in [4.78, 5) is 17.7. The van der Waals surface area contributed by atoms with Crippen LogP contribution in [0.1, 0.15) is 22.5 Å². The maximum absolute atomic E-state index is 11.8. The second kappa shape index (κ2) is 8.29. The average molecular weight is 307 g/mol. The number of aromatic nitrogens is 1. The van der Waals surface area contributed by atoms with Crippen molar-refractivity contribution in [1.29, 1.82) is 5.26 Å². The topological polar surface area (TPSA) is 81.4 Å². The predicted molar refractivity (Wildman–Crippen MR) is 89.2 cm³/mol. The second-order valence-electron chi connectivity index (χ2n) is 4.84. The number of pyridine rings is 1. The monoisotopic (exact) mass is 307 g/mol. The van der Waals surface area contributed by atoms with Gasteiger partial charge in [-0.2, -0.15) is 10.4 Å². The van der Waals surface area contributed by atoms with Crippen molar-refractivity contribution >= 4 is 17.8 Å². The molecule has 1 heterocycles. The van der Waals surface area contributed by atoms with Gasteiger partial charge in [-0.1, -0.05) is 18.2 Å². The van der Waals surface area contributed by atoms with E-state index in [0.717, 1.165) is 11.3 Å². The summed E-state index contributed by atoms with van der Waals surface area (Å²) in [5, 5.41) is 12.5. The summed E-state index contributed by atoms with van der Waals surface area (Å²) in [6, 6.07) is 14.9. The second-order valence-corrected chi connectivity index (χ2v) is 4.84. The number of hydrazone groups is 1. The molecule has 23 heavy (non-hydrogen) atoms. The molecule has 0 atom stereocenters. The van der Waals surface area contributed by atoms with Crippen molar-refractivity contribution in [2.45, 2.75) is 6.42 Å². The number of nitrogens with one attached hydrogen (secondary N) is 1. The number of carbonyl (C=O) groups is 1. The highest BCUT2D eigenvalue weighted by Crippen LogP contribution is 2.13. The van der Waals surface area contributed by atoms with Gasteiger partial charge in [-0.3, -0.25) is 9.78 Å². The molecule has 0 fully saturated rings. The zero-order valence-electron chi connectivity index (χ0n) is 12.8. The Morgan fingerprint density at radius 1 is 1.35 bits per heavy atom. The molecule has 0 bridgehead atoms. The van der Waals surface area contributed by atoms with E-state index in [0.29, 0.717) is 18.7 Å². The van der Waals surface area contributed by atoms with Gasteiger partial charge in [-0.05, 0) is 29.8 Å². The van der Waals surface area contributed by atoms with Crippen molar-refractivity contribution < 1.29 is 4.79 Å². The van der Waals surface area contributed by atoms with Crippen molar-refractivity contribution in [2.75, 3.05) is 18.5 Å². The maximum Gasteiger partial charge on any atom is 0.289 e. The van der Waals surface area contributed by atoms with E-state index < -0.39 is 0 Å². The number of anilines is 1. The summed E-state index contributed by atoms with van der Waals surface area (Å²) in [7, 11) is 1.94. The lowest BCUT2D eigenvalue weighted by Crippen LogP contribution is -2.19. The first-order chi connectivity index (χ1) is 11.2.